The van der Waals surface area contributed by atoms with Crippen LogP contribution in [0.5, 0.6) is 0 Å². The summed E-state index contributed by atoms with van der Waals surface area (Å²) in [4.78, 5) is 16.0. The number of carboxylic acids is 1. The predicted molar refractivity (Wildman–Crippen MR) is 77.1 cm³/mol. The minimum atomic E-state index is -1.05. The fourth-order valence-corrected chi connectivity index (χ4v) is 1.92. The Morgan fingerprint density at radius 1 is 1.37 bits per heavy atom. The van der Waals surface area contributed by atoms with E-state index in [0.29, 0.717) is 11.5 Å². The van der Waals surface area contributed by atoms with E-state index in [1.165, 1.54) is 12.3 Å². The third kappa shape index (κ3) is 3.17. The van der Waals surface area contributed by atoms with Crippen LogP contribution < -0.4 is 11.1 Å². The number of carbonyl (C=O) groups is 1. The molecule has 0 amide bonds. The topological polar surface area (TPSA) is 88.2 Å². The number of hydrogen-bond donors (Lipinski definition) is 3. The molecule has 0 bridgehead atoms. The first kappa shape index (κ1) is 13.2. The molecule has 1 aromatic heterocycles. The van der Waals surface area contributed by atoms with Crippen LogP contribution in [-0.2, 0) is 0 Å². The van der Waals surface area contributed by atoms with Crippen LogP contribution in [0.4, 0.5) is 17.2 Å². The van der Waals surface area contributed by atoms with Gasteiger partial charge in [0.1, 0.15) is 0 Å². The third-order valence-corrected chi connectivity index (χ3v) is 3.26. The summed E-state index contributed by atoms with van der Waals surface area (Å²) < 4.78 is 0. The van der Waals surface area contributed by atoms with Crippen molar-refractivity contribution in [2.75, 3.05) is 17.3 Å². The molecule has 4 N–H and O–H groups in total. The number of aromatic carboxylic acids is 1. The number of aromatic nitrogens is 1. The molecule has 0 radical (unpaired) electrons. The van der Waals surface area contributed by atoms with E-state index in [-0.39, 0.29) is 5.56 Å². The molecule has 1 aromatic carbocycles. The number of carboxylic acid groups (broad SMARTS) is 1. The highest BCUT2D eigenvalue weighted by molar-refractivity contribution is 7.98. The van der Waals surface area contributed by atoms with Crippen molar-refractivity contribution in [3.8, 4) is 0 Å². The van der Waals surface area contributed by atoms with Crippen LogP contribution in [0, 0.1) is 0 Å². The van der Waals surface area contributed by atoms with Gasteiger partial charge >= 0.3 is 5.97 Å². The first-order chi connectivity index (χ1) is 9.10. The minimum absolute atomic E-state index is 0.0702. The molecular formula is C13H13N3O2S. The molecule has 5 nitrogen and oxygen atoms in total. The fourth-order valence-electron chi connectivity index (χ4n) is 1.51. The van der Waals surface area contributed by atoms with E-state index in [1.54, 1.807) is 11.8 Å². The average Bonchev–Trinajstić information content (AvgIpc) is 2.41. The lowest BCUT2D eigenvalue weighted by Gasteiger charge is -2.09. The maximum Gasteiger partial charge on any atom is 0.337 e. The molecule has 2 aromatic rings. The molecule has 0 fully saturated rings. The smallest absolute Gasteiger partial charge is 0.337 e. The lowest BCUT2D eigenvalue weighted by Crippen LogP contribution is -2.03. The van der Waals surface area contributed by atoms with Gasteiger partial charge < -0.3 is 16.2 Å². The highest BCUT2D eigenvalue weighted by atomic mass is 32.2. The van der Waals surface area contributed by atoms with Gasteiger partial charge in [0.2, 0.25) is 0 Å². The number of anilines is 3. The maximum atomic E-state index is 10.8. The molecule has 1 heterocycles. The third-order valence-electron chi connectivity index (χ3n) is 2.52. The molecule has 6 heteroatoms. The summed E-state index contributed by atoms with van der Waals surface area (Å²) in [5.41, 5.74) is 6.99. The Hall–Kier alpha value is -2.21. The lowest BCUT2D eigenvalue weighted by atomic mass is 10.2. The van der Waals surface area contributed by atoms with Crippen molar-refractivity contribution in [2.24, 2.45) is 0 Å². The zero-order valence-electron chi connectivity index (χ0n) is 10.3. The Bertz CT molecular complexity index is 599. The summed E-state index contributed by atoms with van der Waals surface area (Å²) >= 11 is 1.66. The van der Waals surface area contributed by atoms with Crippen LogP contribution in [0.15, 0.2) is 41.4 Å². The van der Waals surface area contributed by atoms with Gasteiger partial charge in [-0.15, -0.1) is 11.8 Å². The zero-order valence-corrected chi connectivity index (χ0v) is 11.1. The van der Waals surface area contributed by atoms with Gasteiger partial charge in [0.05, 0.1) is 11.3 Å². The number of nitrogens with two attached hydrogens (primary N) is 1. The summed E-state index contributed by atoms with van der Waals surface area (Å²) in [6.07, 6.45) is 3.28. The Labute approximate surface area is 114 Å². The molecule has 0 aliphatic heterocycles. The van der Waals surface area contributed by atoms with E-state index in [1.807, 2.05) is 30.5 Å². The Balaban J connectivity index is 2.20. The molecule has 0 saturated carbocycles. The highest BCUT2D eigenvalue weighted by Gasteiger charge is 2.07. The van der Waals surface area contributed by atoms with Crippen molar-refractivity contribution in [1.82, 2.24) is 4.98 Å². The maximum absolute atomic E-state index is 10.8. The molecule has 98 valence electrons. The number of nitrogens with one attached hydrogen (secondary N) is 1. The largest absolute Gasteiger partial charge is 0.478 e. The first-order valence-electron chi connectivity index (χ1n) is 5.50. The van der Waals surface area contributed by atoms with Crippen molar-refractivity contribution in [3.63, 3.8) is 0 Å². The van der Waals surface area contributed by atoms with E-state index in [4.69, 9.17) is 10.8 Å². The van der Waals surface area contributed by atoms with Gasteiger partial charge in [0.25, 0.3) is 0 Å². The van der Waals surface area contributed by atoms with Crippen LogP contribution in [0.25, 0.3) is 0 Å². The Morgan fingerprint density at radius 2 is 2.05 bits per heavy atom. The minimum Gasteiger partial charge on any atom is -0.478 e. The SMILES string of the molecule is CSc1ccc(Nc2ncc(C(=O)O)cc2N)cc1. The van der Waals surface area contributed by atoms with Gasteiger partial charge in [0, 0.05) is 16.8 Å². The van der Waals surface area contributed by atoms with E-state index in [9.17, 15) is 4.79 Å². The molecule has 0 saturated heterocycles. The van der Waals surface area contributed by atoms with Crippen LogP contribution in [0.3, 0.4) is 0 Å². The number of thioether (sulfide) groups is 1. The summed E-state index contributed by atoms with van der Waals surface area (Å²) in [6, 6.07) is 9.17. The van der Waals surface area contributed by atoms with Crippen molar-refractivity contribution in [3.05, 3.63) is 42.1 Å². The van der Waals surface area contributed by atoms with Gasteiger partial charge in [-0.05, 0) is 36.6 Å². The average molecular weight is 275 g/mol. The number of nitrogen functional groups attached to an aromatic ring is 1. The van der Waals surface area contributed by atoms with Gasteiger partial charge in [-0.1, -0.05) is 0 Å². The van der Waals surface area contributed by atoms with Crippen molar-refractivity contribution >= 4 is 34.9 Å². The summed E-state index contributed by atoms with van der Waals surface area (Å²) in [5.74, 6) is -0.600. The number of hydrogen-bond acceptors (Lipinski definition) is 5. The van der Waals surface area contributed by atoms with E-state index < -0.39 is 5.97 Å². The fraction of sp³-hybridized carbons (Fsp3) is 0.0769. The standard InChI is InChI=1S/C13H13N3O2S/c1-19-10-4-2-9(3-5-10)16-12-11(14)6-8(7-15-12)13(17)18/h2-7H,14H2,1H3,(H,15,16)(H,17,18). The number of pyridine rings is 1. The first-order valence-corrected chi connectivity index (χ1v) is 6.72. The van der Waals surface area contributed by atoms with Gasteiger partial charge in [-0.2, -0.15) is 0 Å². The summed E-state index contributed by atoms with van der Waals surface area (Å²) in [6.45, 7) is 0. The molecule has 2 rings (SSSR count). The molecule has 0 aliphatic rings. The van der Waals surface area contributed by atoms with Crippen LogP contribution in [0.2, 0.25) is 0 Å². The number of benzene rings is 1. The van der Waals surface area contributed by atoms with Crippen LogP contribution >= 0.6 is 11.8 Å². The summed E-state index contributed by atoms with van der Waals surface area (Å²) in [5, 5.41) is 11.9. The Morgan fingerprint density at radius 3 is 2.58 bits per heavy atom. The van der Waals surface area contributed by atoms with Crippen LogP contribution in [-0.4, -0.2) is 22.3 Å². The van der Waals surface area contributed by atoms with Gasteiger partial charge in [-0.3, -0.25) is 0 Å². The second-order valence-electron chi connectivity index (χ2n) is 3.82. The van der Waals surface area contributed by atoms with E-state index in [2.05, 4.69) is 10.3 Å². The monoisotopic (exact) mass is 275 g/mol. The molecule has 0 spiro atoms. The Kier molecular flexibility index (Phi) is 3.91. The molecule has 19 heavy (non-hydrogen) atoms. The molecule has 0 unspecified atom stereocenters. The normalized spacial score (nSPS) is 10.2. The zero-order chi connectivity index (χ0) is 13.8. The quantitative estimate of drug-likeness (QED) is 0.744. The highest BCUT2D eigenvalue weighted by Crippen LogP contribution is 2.23. The summed E-state index contributed by atoms with van der Waals surface area (Å²) in [7, 11) is 0. The van der Waals surface area contributed by atoms with Gasteiger partial charge in [0.15, 0.2) is 5.82 Å². The van der Waals surface area contributed by atoms with Crippen molar-refractivity contribution in [1.29, 1.82) is 0 Å². The van der Waals surface area contributed by atoms with Crippen molar-refractivity contribution in [2.45, 2.75) is 4.90 Å². The lowest BCUT2D eigenvalue weighted by molar-refractivity contribution is 0.0696. The van der Waals surface area contributed by atoms with E-state index >= 15 is 0 Å². The predicted octanol–water partition coefficient (Wildman–Crippen LogP) is 2.83. The van der Waals surface area contributed by atoms with E-state index in [0.717, 1.165) is 10.6 Å². The molecule has 0 aliphatic carbocycles. The number of rotatable bonds is 4. The van der Waals surface area contributed by atoms with Gasteiger partial charge in [-0.25, -0.2) is 9.78 Å². The molecular weight excluding hydrogens is 262 g/mol. The number of nitrogens with zero attached hydrogens (tertiary/aromatic N) is 1. The second kappa shape index (κ2) is 5.62. The van der Waals surface area contributed by atoms with Crippen LogP contribution in [0.1, 0.15) is 10.4 Å². The molecule has 0 atom stereocenters. The van der Waals surface area contributed by atoms with Crippen molar-refractivity contribution < 1.29 is 9.90 Å². The second-order valence-corrected chi connectivity index (χ2v) is 4.70.